The van der Waals surface area contributed by atoms with Crippen LogP contribution in [0.4, 0.5) is 5.69 Å². The van der Waals surface area contributed by atoms with Crippen molar-refractivity contribution in [2.45, 2.75) is 20.8 Å². The van der Waals surface area contributed by atoms with Crippen molar-refractivity contribution >= 4 is 28.4 Å². The molecule has 0 bridgehead atoms. The van der Waals surface area contributed by atoms with Gasteiger partial charge in [-0.2, -0.15) is 5.26 Å². The molecule has 3 aromatic carbocycles. The summed E-state index contributed by atoms with van der Waals surface area (Å²) in [7, 11) is 0. The largest absolute Gasteiger partial charge is 0.494 e. The number of benzene rings is 3. The lowest BCUT2D eigenvalue weighted by molar-refractivity contribution is -0.112. The molecule has 0 atom stereocenters. The standard InChI is InChI=1S/C26H26N2O4/c1-4-30-21-9-7-8-20(15-21)28-26(29)19(17-27)14-24-23-16-22(31-5-2)12-10-18(23)11-13-25(24)32-6-3/h7-16H,4-6H2,1-3H3,(H,28,29)/b19-14-. The minimum absolute atomic E-state index is 0.0397. The Balaban J connectivity index is 2.02. The molecule has 1 amide bonds. The zero-order chi connectivity index (χ0) is 22.9. The molecule has 3 aromatic rings. The highest BCUT2D eigenvalue weighted by Crippen LogP contribution is 2.33. The number of nitrogens with one attached hydrogen (secondary N) is 1. The Bertz CT molecular complexity index is 1170. The molecular weight excluding hydrogens is 404 g/mol. The van der Waals surface area contributed by atoms with E-state index in [0.29, 0.717) is 48.3 Å². The summed E-state index contributed by atoms with van der Waals surface area (Å²) in [6, 6.07) is 18.6. The summed E-state index contributed by atoms with van der Waals surface area (Å²) in [4.78, 5) is 12.9. The van der Waals surface area contributed by atoms with Gasteiger partial charge in [0.1, 0.15) is 28.9 Å². The number of anilines is 1. The summed E-state index contributed by atoms with van der Waals surface area (Å²) in [5.41, 5.74) is 1.16. The average molecular weight is 431 g/mol. The summed E-state index contributed by atoms with van der Waals surface area (Å²) in [5.74, 6) is 1.43. The molecule has 6 heteroatoms. The van der Waals surface area contributed by atoms with E-state index in [9.17, 15) is 10.1 Å². The number of fused-ring (bicyclic) bond motifs is 1. The van der Waals surface area contributed by atoms with Gasteiger partial charge in [-0.3, -0.25) is 4.79 Å². The van der Waals surface area contributed by atoms with Crippen molar-refractivity contribution in [1.29, 1.82) is 5.26 Å². The number of nitriles is 1. The van der Waals surface area contributed by atoms with Crippen LogP contribution in [0.25, 0.3) is 16.8 Å². The molecule has 0 saturated heterocycles. The van der Waals surface area contributed by atoms with Crippen molar-refractivity contribution in [1.82, 2.24) is 0 Å². The maximum absolute atomic E-state index is 12.9. The van der Waals surface area contributed by atoms with Gasteiger partial charge in [0, 0.05) is 17.3 Å². The lowest BCUT2D eigenvalue weighted by Gasteiger charge is -2.13. The van der Waals surface area contributed by atoms with Crippen molar-refractivity contribution in [2.75, 3.05) is 25.1 Å². The van der Waals surface area contributed by atoms with Crippen LogP contribution in [0.15, 0.2) is 60.2 Å². The van der Waals surface area contributed by atoms with Gasteiger partial charge in [-0.1, -0.05) is 18.2 Å². The van der Waals surface area contributed by atoms with Crippen LogP contribution in [0, 0.1) is 11.3 Å². The first kappa shape index (κ1) is 22.7. The molecule has 6 nitrogen and oxygen atoms in total. The Morgan fingerprint density at radius 3 is 2.31 bits per heavy atom. The second-order valence-corrected chi connectivity index (χ2v) is 6.81. The van der Waals surface area contributed by atoms with Gasteiger partial charge in [-0.15, -0.1) is 0 Å². The Kier molecular flexibility index (Phi) is 7.71. The van der Waals surface area contributed by atoms with Gasteiger partial charge in [0.25, 0.3) is 5.91 Å². The third-order valence-electron chi connectivity index (χ3n) is 4.66. The van der Waals surface area contributed by atoms with E-state index in [1.807, 2.05) is 57.2 Å². The summed E-state index contributed by atoms with van der Waals surface area (Å²) < 4.78 is 16.9. The molecule has 0 fully saturated rings. The molecule has 164 valence electrons. The van der Waals surface area contributed by atoms with Crippen molar-refractivity contribution in [3.8, 4) is 23.3 Å². The molecular formula is C26H26N2O4. The summed E-state index contributed by atoms with van der Waals surface area (Å²) in [5, 5.41) is 14.3. The highest BCUT2D eigenvalue weighted by Gasteiger charge is 2.14. The fourth-order valence-corrected chi connectivity index (χ4v) is 3.31. The van der Waals surface area contributed by atoms with Crippen LogP contribution in [-0.2, 0) is 4.79 Å². The van der Waals surface area contributed by atoms with Crippen molar-refractivity contribution in [3.05, 3.63) is 65.7 Å². The molecule has 0 aliphatic heterocycles. The van der Waals surface area contributed by atoms with Gasteiger partial charge in [0.15, 0.2) is 0 Å². The highest BCUT2D eigenvalue weighted by molar-refractivity contribution is 6.11. The third kappa shape index (κ3) is 5.38. The monoisotopic (exact) mass is 430 g/mol. The Morgan fingerprint density at radius 1 is 0.938 bits per heavy atom. The predicted molar refractivity (Wildman–Crippen MR) is 126 cm³/mol. The quantitative estimate of drug-likeness (QED) is 0.354. The Hall–Kier alpha value is -3.98. The Morgan fingerprint density at radius 2 is 1.62 bits per heavy atom. The van der Waals surface area contributed by atoms with E-state index < -0.39 is 5.91 Å². The maximum atomic E-state index is 12.9. The fourth-order valence-electron chi connectivity index (χ4n) is 3.31. The number of hydrogen-bond donors (Lipinski definition) is 1. The van der Waals surface area contributed by atoms with Crippen LogP contribution < -0.4 is 19.5 Å². The molecule has 0 saturated carbocycles. The predicted octanol–water partition coefficient (Wildman–Crippen LogP) is 5.58. The van der Waals surface area contributed by atoms with Gasteiger partial charge in [0.05, 0.1) is 19.8 Å². The van der Waals surface area contributed by atoms with Gasteiger partial charge >= 0.3 is 0 Å². The molecule has 0 aromatic heterocycles. The molecule has 0 unspecified atom stereocenters. The van der Waals surface area contributed by atoms with Crippen LogP contribution >= 0.6 is 0 Å². The zero-order valence-electron chi connectivity index (χ0n) is 18.5. The van der Waals surface area contributed by atoms with Gasteiger partial charge < -0.3 is 19.5 Å². The van der Waals surface area contributed by atoms with Gasteiger partial charge in [0.2, 0.25) is 0 Å². The van der Waals surface area contributed by atoms with Crippen LogP contribution in [0.2, 0.25) is 0 Å². The maximum Gasteiger partial charge on any atom is 0.266 e. The summed E-state index contributed by atoms with van der Waals surface area (Å²) in [6.45, 7) is 7.20. The molecule has 0 aliphatic rings. The number of hydrogen-bond acceptors (Lipinski definition) is 5. The van der Waals surface area contributed by atoms with E-state index in [4.69, 9.17) is 14.2 Å². The Labute approximate surface area is 188 Å². The van der Waals surface area contributed by atoms with Crippen LogP contribution in [-0.4, -0.2) is 25.7 Å². The average Bonchev–Trinajstić information content (AvgIpc) is 2.79. The first-order chi connectivity index (χ1) is 15.6. The van der Waals surface area contributed by atoms with Crippen LogP contribution in [0.3, 0.4) is 0 Å². The molecule has 0 radical (unpaired) electrons. The van der Waals surface area contributed by atoms with Crippen molar-refractivity contribution in [2.24, 2.45) is 0 Å². The van der Waals surface area contributed by atoms with E-state index >= 15 is 0 Å². The first-order valence-corrected chi connectivity index (χ1v) is 10.6. The van der Waals surface area contributed by atoms with Crippen LogP contribution in [0.1, 0.15) is 26.3 Å². The zero-order valence-corrected chi connectivity index (χ0v) is 18.5. The fraction of sp³-hybridized carbons (Fsp3) is 0.231. The van der Waals surface area contributed by atoms with E-state index in [1.165, 1.54) is 0 Å². The summed E-state index contributed by atoms with van der Waals surface area (Å²) >= 11 is 0. The number of nitrogens with zero attached hydrogens (tertiary/aromatic N) is 1. The van der Waals surface area contributed by atoms with E-state index in [-0.39, 0.29) is 5.57 Å². The number of ether oxygens (including phenoxy) is 3. The molecule has 3 rings (SSSR count). The summed E-state index contributed by atoms with van der Waals surface area (Å²) in [6.07, 6.45) is 1.56. The lowest BCUT2D eigenvalue weighted by atomic mass is 10.0. The van der Waals surface area contributed by atoms with E-state index in [0.717, 1.165) is 10.8 Å². The molecule has 32 heavy (non-hydrogen) atoms. The minimum atomic E-state index is -0.512. The van der Waals surface area contributed by atoms with Gasteiger partial charge in [-0.25, -0.2) is 0 Å². The van der Waals surface area contributed by atoms with Crippen LogP contribution in [0.5, 0.6) is 17.2 Å². The smallest absolute Gasteiger partial charge is 0.266 e. The highest BCUT2D eigenvalue weighted by atomic mass is 16.5. The molecule has 0 heterocycles. The first-order valence-electron chi connectivity index (χ1n) is 10.6. The topological polar surface area (TPSA) is 80.6 Å². The molecule has 0 aliphatic carbocycles. The normalized spacial score (nSPS) is 11.0. The van der Waals surface area contributed by atoms with E-state index in [2.05, 4.69) is 5.32 Å². The molecule has 0 spiro atoms. The SMILES string of the molecule is CCOc1cccc(NC(=O)/C(C#N)=C\c2c(OCC)ccc3ccc(OCC)cc23)c1. The van der Waals surface area contributed by atoms with E-state index in [1.54, 1.807) is 30.3 Å². The number of amides is 1. The second kappa shape index (κ2) is 10.9. The number of rotatable bonds is 9. The number of carbonyl (C=O) groups is 1. The van der Waals surface area contributed by atoms with Crippen molar-refractivity contribution < 1.29 is 19.0 Å². The molecule has 1 N–H and O–H groups in total. The van der Waals surface area contributed by atoms with Gasteiger partial charge in [-0.05, 0) is 68.0 Å². The second-order valence-electron chi connectivity index (χ2n) is 6.81. The lowest BCUT2D eigenvalue weighted by Crippen LogP contribution is -2.13. The minimum Gasteiger partial charge on any atom is -0.494 e. The number of carbonyl (C=O) groups excluding carboxylic acids is 1. The van der Waals surface area contributed by atoms with Crippen molar-refractivity contribution in [3.63, 3.8) is 0 Å². The third-order valence-corrected chi connectivity index (χ3v) is 4.66.